The summed E-state index contributed by atoms with van der Waals surface area (Å²) in [6, 6.07) is 7.34. The Balaban J connectivity index is 1.47. The lowest BCUT2D eigenvalue weighted by Crippen LogP contribution is -2.32. The summed E-state index contributed by atoms with van der Waals surface area (Å²) < 4.78 is 5.70. The van der Waals surface area contributed by atoms with Crippen LogP contribution in [0, 0.1) is 23.7 Å². The molecule has 1 saturated heterocycles. The molecular formula is C20H23NO3. The first-order valence-electron chi connectivity index (χ1n) is 8.99. The van der Waals surface area contributed by atoms with E-state index >= 15 is 0 Å². The van der Waals surface area contributed by atoms with Gasteiger partial charge in [-0.15, -0.1) is 0 Å². The fraction of sp³-hybridized carbons (Fsp3) is 0.500. The maximum Gasteiger partial charge on any atom is 0.238 e. The quantitative estimate of drug-likeness (QED) is 0.456. The molecule has 126 valence electrons. The maximum absolute atomic E-state index is 12.8. The predicted octanol–water partition coefficient (Wildman–Crippen LogP) is 3.57. The van der Waals surface area contributed by atoms with Gasteiger partial charge >= 0.3 is 0 Å². The standard InChI is InChI=1S/C20H23NO3/c1-2-3-4-11-24-16-9-7-15(8-10-16)21-19(22)17-13-5-6-14(12-13)18(17)20(21)23/h5-10,13-14,17-18H,2-4,11-12H2,1H3/t13-,14+,17-,18+. The molecule has 4 nitrogen and oxygen atoms in total. The van der Waals surface area contributed by atoms with E-state index in [0.717, 1.165) is 25.0 Å². The Bertz CT molecular complexity index is 649. The van der Waals surface area contributed by atoms with E-state index in [1.165, 1.54) is 11.3 Å². The van der Waals surface area contributed by atoms with Crippen LogP contribution in [-0.2, 0) is 9.59 Å². The summed E-state index contributed by atoms with van der Waals surface area (Å²) in [5.41, 5.74) is 0.666. The second kappa shape index (κ2) is 6.08. The Morgan fingerprint density at radius 2 is 1.62 bits per heavy atom. The Kier molecular flexibility index (Phi) is 3.91. The van der Waals surface area contributed by atoms with E-state index in [1.807, 2.05) is 24.3 Å². The third kappa shape index (κ3) is 2.36. The molecule has 1 saturated carbocycles. The van der Waals surface area contributed by atoms with Gasteiger partial charge in [0.1, 0.15) is 5.75 Å². The van der Waals surface area contributed by atoms with Crippen molar-refractivity contribution in [3.8, 4) is 5.75 Å². The van der Waals surface area contributed by atoms with E-state index in [2.05, 4.69) is 19.1 Å². The maximum atomic E-state index is 12.8. The lowest BCUT2D eigenvalue weighted by molar-refractivity contribution is -0.123. The second-order valence-corrected chi connectivity index (χ2v) is 7.06. The molecule has 4 heteroatoms. The van der Waals surface area contributed by atoms with Crippen LogP contribution in [0.25, 0.3) is 0 Å². The van der Waals surface area contributed by atoms with Gasteiger partial charge in [-0.05, 0) is 48.9 Å². The minimum Gasteiger partial charge on any atom is -0.494 e. The van der Waals surface area contributed by atoms with Gasteiger partial charge in [0, 0.05) is 0 Å². The van der Waals surface area contributed by atoms with Gasteiger partial charge in [0.25, 0.3) is 0 Å². The number of imide groups is 1. The fourth-order valence-corrected chi connectivity index (χ4v) is 4.39. The highest BCUT2D eigenvalue weighted by atomic mass is 16.5. The first-order chi connectivity index (χ1) is 11.7. The van der Waals surface area contributed by atoms with Crippen LogP contribution in [0.5, 0.6) is 5.75 Å². The molecule has 0 spiro atoms. The van der Waals surface area contributed by atoms with E-state index < -0.39 is 0 Å². The smallest absolute Gasteiger partial charge is 0.238 e. The van der Waals surface area contributed by atoms with E-state index in [0.29, 0.717) is 12.3 Å². The molecule has 0 radical (unpaired) electrons. The van der Waals surface area contributed by atoms with Crippen molar-refractivity contribution in [1.82, 2.24) is 0 Å². The van der Waals surface area contributed by atoms with Crippen molar-refractivity contribution in [2.24, 2.45) is 23.7 Å². The zero-order chi connectivity index (χ0) is 16.7. The molecule has 2 amide bonds. The number of allylic oxidation sites excluding steroid dienone is 2. The molecule has 0 unspecified atom stereocenters. The number of hydrogen-bond donors (Lipinski definition) is 0. The number of rotatable bonds is 6. The van der Waals surface area contributed by atoms with Crippen LogP contribution in [0.1, 0.15) is 32.6 Å². The van der Waals surface area contributed by atoms with Gasteiger partial charge in [-0.3, -0.25) is 14.5 Å². The van der Waals surface area contributed by atoms with Crippen molar-refractivity contribution in [2.45, 2.75) is 32.6 Å². The third-order valence-corrected chi connectivity index (χ3v) is 5.58. The zero-order valence-corrected chi connectivity index (χ0v) is 14.0. The van der Waals surface area contributed by atoms with Crippen LogP contribution in [0.4, 0.5) is 5.69 Å². The monoisotopic (exact) mass is 325 g/mol. The van der Waals surface area contributed by atoms with Gasteiger partial charge in [-0.2, -0.15) is 0 Å². The van der Waals surface area contributed by atoms with E-state index in [4.69, 9.17) is 4.74 Å². The summed E-state index contributed by atoms with van der Waals surface area (Å²) in [6.07, 6.45) is 8.57. The van der Waals surface area contributed by atoms with E-state index in [9.17, 15) is 9.59 Å². The van der Waals surface area contributed by atoms with E-state index in [-0.39, 0.29) is 35.5 Å². The Morgan fingerprint density at radius 1 is 1.00 bits per heavy atom. The number of nitrogens with zero attached hydrogens (tertiary/aromatic N) is 1. The minimum absolute atomic E-state index is 0.0292. The first-order valence-corrected chi connectivity index (χ1v) is 8.99. The lowest BCUT2D eigenvalue weighted by Gasteiger charge is -2.17. The summed E-state index contributed by atoms with van der Waals surface area (Å²) >= 11 is 0. The van der Waals surface area contributed by atoms with Gasteiger partial charge in [0.2, 0.25) is 11.8 Å². The van der Waals surface area contributed by atoms with Crippen molar-refractivity contribution in [3.63, 3.8) is 0 Å². The topological polar surface area (TPSA) is 46.6 Å². The average Bonchev–Trinajstić information content (AvgIpc) is 3.27. The molecule has 24 heavy (non-hydrogen) atoms. The Labute approximate surface area is 142 Å². The normalized spacial score (nSPS) is 30.3. The molecule has 1 aromatic rings. The van der Waals surface area contributed by atoms with Crippen LogP contribution in [-0.4, -0.2) is 18.4 Å². The molecule has 2 fully saturated rings. The van der Waals surface area contributed by atoms with Gasteiger partial charge < -0.3 is 4.74 Å². The van der Waals surface area contributed by atoms with Crippen LogP contribution in [0.3, 0.4) is 0 Å². The average molecular weight is 325 g/mol. The summed E-state index contributed by atoms with van der Waals surface area (Å²) in [5.74, 6) is 0.952. The van der Waals surface area contributed by atoms with Gasteiger partial charge in [-0.25, -0.2) is 0 Å². The molecule has 2 bridgehead atoms. The highest BCUT2D eigenvalue weighted by Crippen LogP contribution is 2.53. The summed E-state index contributed by atoms with van der Waals surface area (Å²) in [6.45, 7) is 2.86. The zero-order valence-electron chi connectivity index (χ0n) is 14.0. The number of ether oxygens (including phenoxy) is 1. The summed E-state index contributed by atoms with van der Waals surface area (Å²) in [4.78, 5) is 26.9. The van der Waals surface area contributed by atoms with Crippen LogP contribution < -0.4 is 9.64 Å². The number of carbonyl (C=O) groups is 2. The predicted molar refractivity (Wildman–Crippen MR) is 91.7 cm³/mol. The van der Waals surface area contributed by atoms with Crippen molar-refractivity contribution in [1.29, 1.82) is 0 Å². The van der Waals surface area contributed by atoms with Crippen LogP contribution in [0.2, 0.25) is 0 Å². The van der Waals surface area contributed by atoms with Gasteiger partial charge in [0.05, 0.1) is 24.1 Å². The molecule has 4 atom stereocenters. The molecule has 1 aromatic carbocycles. The molecule has 4 rings (SSSR count). The Hall–Kier alpha value is -2.10. The minimum atomic E-state index is -0.141. The molecule has 0 N–H and O–H groups in total. The SMILES string of the molecule is CCCCCOc1ccc(N2C(=O)[C@@H]3[C@H](C2=O)[C@@H]2C=C[C@H]3C2)cc1. The number of hydrogen-bond acceptors (Lipinski definition) is 3. The van der Waals surface area contributed by atoms with Gasteiger partial charge in [0.15, 0.2) is 0 Å². The number of anilines is 1. The van der Waals surface area contributed by atoms with Gasteiger partial charge in [-0.1, -0.05) is 31.9 Å². The number of fused-ring (bicyclic) bond motifs is 5. The molecule has 2 aliphatic carbocycles. The first kappa shape index (κ1) is 15.4. The van der Waals surface area contributed by atoms with Crippen LogP contribution in [0.15, 0.2) is 36.4 Å². The van der Waals surface area contributed by atoms with Crippen molar-refractivity contribution in [2.75, 3.05) is 11.5 Å². The second-order valence-electron chi connectivity index (χ2n) is 7.06. The highest BCUT2D eigenvalue weighted by Gasteiger charge is 2.59. The third-order valence-electron chi connectivity index (χ3n) is 5.58. The van der Waals surface area contributed by atoms with Crippen LogP contribution >= 0.6 is 0 Å². The van der Waals surface area contributed by atoms with Crippen molar-refractivity contribution >= 4 is 17.5 Å². The Morgan fingerprint density at radius 3 is 2.21 bits per heavy atom. The molecule has 1 aliphatic heterocycles. The number of benzene rings is 1. The van der Waals surface area contributed by atoms with Crippen molar-refractivity contribution < 1.29 is 14.3 Å². The fourth-order valence-electron chi connectivity index (χ4n) is 4.39. The molecule has 1 heterocycles. The van der Waals surface area contributed by atoms with Crippen molar-refractivity contribution in [3.05, 3.63) is 36.4 Å². The van der Waals surface area contributed by atoms with E-state index in [1.54, 1.807) is 0 Å². The number of carbonyl (C=O) groups excluding carboxylic acids is 2. The molecule has 3 aliphatic rings. The number of unbranched alkanes of at least 4 members (excludes halogenated alkanes) is 2. The summed E-state index contributed by atoms with van der Waals surface area (Å²) in [5, 5.41) is 0. The molecule has 0 aromatic heterocycles. The highest BCUT2D eigenvalue weighted by molar-refractivity contribution is 6.22. The summed E-state index contributed by atoms with van der Waals surface area (Å²) in [7, 11) is 0. The lowest BCUT2D eigenvalue weighted by atomic mass is 9.85. The number of amides is 2. The molecular weight excluding hydrogens is 302 g/mol. The largest absolute Gasteiger partial charge is 0.494 e.